The second kappa shape index (κ2) is 7.50. The Labute approximate surface area is 155 Å². The summed E-state index contributed by atoms with van der Waals surface area (Å²) in [7, 11) is 2.03. The molecule has 0 aromatic heterocycles. The number of amides is 1. The first-order chi connectivity index (χ1) is 12.7. The lowest BCUT2D eigenvalue weighted by Gasteiger charge is -2.19. The summed E-state index contributed by atoms with van der Waals surface area (Å²) in [5.41, 5.74) is 5.27. The lowest BCUT2D eigenvalue weighted by Crippen LogP contribution is -2.35. The summed E-state index contributed by atoms with van der Waals surface area (Å²) >= 11 is 0. The number of fused-ring (bicyclic) bond motifs is 1. The van der Waals surface area contributed by atoms with E-state index in [1.54, 1.807) is 0 Å². The summed E-state index contributed by atoms with van der Waals surface area (Å²) in [6, 6.07) is 17.9. The van der Waals surface area contributed by atoms with E-state index in [9.17, 15) is 4.79 Å². The minimum absolute atomic E-state index is 0.108. The van der Waals surface area contributed by atoms with Gasteiger partial charge in [0.05, 0.1) is 6.54 Å². The number of hydrogen-bond acceptors (Lipinski definition) is 3. The van der Waals surface area contributed by atoms with Crippen LogP contribution in [0.1, 0.15) is 29.5 Å². The van der Waals surface area contributed by atoms with Crippen molar-refractivity contribution in [2.24, 2.45) is 0 Å². The average Bonchev–Trinajstić information content (AvgIpc) is 3.44. The van der Waals surface area contributed by atoms with Gasteiger partial charge < -0.3 is 10.2 Å². The van der Waals surface area contributed by atoms with Crippen LogP contribution in [0.25, 0.3) is 0 Å². The lowest BCUT2D eigenvalue weighted by atomic mass is 10.1. The third kappa shape index (κ3) is 4.07. The number of rotatable bonds is 7. The van der Waals surface area contributed by atoms with Crippen LogP contribution in [0.3, 0.4) is 0 Å². The zero-order valence-electron chi connectivity index (χ0n) is 15.4. The van der Waals surface area contributed by atoms with E-state index in [0.717, 1.165) is 25.1 Å². The van der Waals surface area contributed by atoms with Crippen LogP contribution in [-0.2, 0) is 24.3 Å². The molecule has 1 amide bonds. The van der Waals surface area contributed by atoms with Crippen molar-refractivity contribution in [1.82, 2.24) is 10.2 Å². The smallest absolute Gasteiger partial charge is 0.234 e. The summed E-state index contributed by atoms with van der Waals surface area (Å²) in [6.45, 7) is 3.13. The molecule has 2 aliphatic rings. The van der Waals surface area contributed by atoms with Gasteiger partial charge in [-0.05, 0) is 49.1 Å². The first-order valence-corrected chi connectivity index (χ1v) is 9.56. The van der Waals surface area contributed by atoms with Crippen LogP contribution in [0.5, 0.6) is 0 Å². The van der Waals surface area contributed by atoms with Gasteiger partial charge in [-0.15, -0.1) is 0 Å². The van der Waals surface area contributed by atoms with Crippen LogP contribution < -0.4 is 10.2 Å². The highest BCUT2D eigenvalue weighted by Crippen LogP contribution is 2.28. The first kappa shape index (κ1) is 17.1. The number of nitrogens with one attached hydrogen (secondary N) is 1. The zero-order valence-corrected chi connectivity index (χ0v) is 15.4. The van der Waals surface area contributed by atoms with Crippen LogP contribution in [0.15, 0.2) is 48.5 Å². The number of hydrogen-bond donors (Lipinski definition) is 1. The van der Waals surface area contributed by atoms with E-state index in [2.05, 4.69) is 63.6 Å². The summed E-state index contributed by atoms with van der Waals surface area (Å²) in [5, 5.41) is 3.03. The molecule has 0 unspecified atom stereocenters. The molecule has 1 fully saturated rings. The molecule has 26 heavy (non-hydrogen) atoms. The molecule has 1 N–H and O–H groups in total. The maximum Gasteiger partial charge on any atom is 0.234 e. The number of carbonyl (C=O) groups excluding carboxylic acids is 1. The standard InChI is InChI=1S/C22H27N3O/c1-24(20-10-11-20)16-22(26)23-14-17-6-8-18(9-7-17)15-25-13-12-19-4-2-3-5-21(19)25/h2-9,20H,10-16H2,1H3,(H,23,26). The SMILES string of the molecule is CN(CC(=O)NCc1ccc(CN2CCc3ccccc32)cc1)C1CC1. The molecule has 2 aromatic rings. The number of likely N-dealkylation sites (N-methyl/N-ethyl adjacent to an activating group) is 1. The van der Waals surface area contributed by atoms with Gasteiger partial charge in [-0.3, -0.25) is 9.69 Å². The zero-order chi connectivity index (χ0) is 17.9. The highest BCUT2D eigenvalue weighted by molar-refractivity contribution is 5.78. The van der Waals surface area contributed by atoms with Crippen molar-refractivity contribution in [1.29, 1.82) is 0 Å². The quantitative estimate of drug-likeness (QED) is 0.835. The Bertz CT molecular complexity index is 767. The van der Waals surface area contributed by atoms with Gasteiger partial charge in [0.15, 0.2) is 0 Å². The molecule has 2 aromatic carbocycles. The third-order valence-electron chi connectivity index (χ3n) is 5.43. The molecule has 4 nitrogen and oxygen atoms in total. The minimum atomic E-state index is 0.108. The maximum absolute atomic E-state index is 12.0. The summed E-state index contributed by atoms with van der Waals surface area (Å²) in [4.78, 5) is 16.6. The van der Waals surface area contributed by atoms with Crippen LogP contribution in [-0.4, -0.2) is 37.0 Å². The Hall–Kier alpha value is -2.33. The van der Waals surface area contributed by atoms with Gasteiger partial charge in [0, 0.05) is 31.4 Å². The van der Waals surface area contributed by atoms with E-state index in [-0.39, 0.29) is 5.91 Å². The largest absolute Gasteiger partial charge is 0.367 e. The Morgan fingerprint density at radius 1 is 1.12 bits per heavy atom. The van der Waals surface area contributed by atoms with Gasteiger partial charge in [0.2, 0.25) is 5.91 Å². The summed E-state index contributed by atoms with van der Waals surface area (Å²) in [5.74, 6) is 0.108. The molecule has 0 spiro atoms. The number of nitrogens with zero attached hydrogens (tertiary/aromatic N) is 2. The lowest BCUT2D eigenvalue weighted by molar-refractivity contribution is -0.122. The fraction of sp³-hybridized carbons (Fsp3) is 0.409. The molecule has 4 rings (SSSR count). The Morgan fingerprint density at radius 3 is 2.62 bits per heavy atom. The number of para-hydroxylation sites is 1. The molecule has 0 bridgehead atoms. The molecule has 0 radical (unpaired) electrons. The fourth-order valence-electron chi connectivity index (χ4n) is 3.68. The van der Waals surface area contributed by atoms with Crippen molar-refractivity contribution < 1.29 is 4.79 Å². The van der Waals surface area contributed by atoms with Crippen LogP contribution in [0.4, 0.5) is 5.69 Å². The van der Waals surface area contributed by atoms with Crippen molar-refractivity contribution in [3.8, 4) is 0 Å². The van der Waals surface area contributed by atoms with Crippen molar-refractivity contribution in [3.63, 3.8) is 0 Å². The average molecular weight is 349 g/mol. The normalized spacial score (nSPS) is 16.0. The molecule has 1 aliphatic carbocycles. The van der Waals surface area contributed by atoms with Crippen molar-refractivity contribution >= 4 is 11.6 Å². The fourth-order valence-corrected chi connectivity index (χ4v) is 3.68. The predicted octanol–water partition coefficient (Wildman–Crippen LogP) is 2.96. The van der Waals surface area contributed by atoms with E-state index in [0.29, 0.717) is 19.1 Å². The Kier molecular flexibility index (Phi) is 4.93. The van der Waals surface area contributed by atoms with Gasteiger partial charge in [-0.2, -0.15) is 0 Å². The summed E-state index contributed by atoms with van der Waals surface area (Å²) < 4.78 is 0. The second-order valence-corrected chi connectivity index (χ2v) is 7.54. The number of anilines is 1. The molecule has 1 aliphatic heterocycles. The molecular formula is C22H27N3O. The van der Waals surface area contributed by atoms with E-state index < -0.39 is 0 Å². The van der Waals surface area contributed by atoms with Gasteiger partial charge in [0.25, 0.3) is 0 Å². The van der Waals surface area contributed by atoms with E-state index >= 15 is 0 Å². The first-order valence-electron chi connectivity index (χ1n) is 9.56. The maximum atomic E-state index is 12.0. The molecule has 4 heteroatoms. The van der Waals surface area contributed by atoms with E-state index in [1.165, 1.54) is 29.7 Å². The van der Waals surface area contributed by atoms with Crippen molar-refractivity contribution in [2.45, 2.75) is 38.4 Å². The topological polar surface area (TPSA) is 35.6 Å². The van der Waals surface area contributed by atoms with Crippen molar-refractivity contribution in [2.75, 3.05) is 25.0 Å². The minimum Gasteiger partial charge on any atom is -0.367 e. The Balaban J connectivity index is 1.28. The third-order valence-corrected chi connectivity index (χ3v) is 5.43. The van der Waals surface area contributed by atoms with Gasteiger partial charge in [-0.25, -0.2) is 0 Å². The monoisotopic (exact) mass is 349 g/mol. The molecular weight excluding hydrogens is 322 g/mol. The number of carbonyl (C=O) groups is 1. The molecule has 1 saturated carbocycles. The van der Waals surface area contributed by atoms with Crippen LogP contribution in [0.2, 0.25) is 0 Å². The van der Waals surface area contributed by atoms with E-state index in [1.807, 2.05) is 7.05 Å². The Morgan fingerprint density at radius 2 is 1.85 bits per heavy atom. The summed E-state index contributed by atoms with van der Waals surface area (Å²) in [6.07, 6.45) is 3.59. The van der Waals surface area contributed by atoms with Crippen LogP contribution in [0, 0.1) is 0 Å². The highest BCUT2D eigenvalue weighted by atomic mass is 16.2. The number of benzene rings is 2. The molecule has 136 valence electrons. The molecule has 0 atom stereocenters. The predicted molar refractivity (Wildman–Crippen MR) is 105 cm³/mol. The van der Waals surface area contributed by atoms with E-state index in [4.69, 9.17) is 0 Å². The van der Waals surface area contributed by atoms with Gasteiger partial charge >= 0.3 is 0 Å². The van der Waals surface area contributed by atoms with Gasteiger partial charge in [0.1, 0.15) is 0 Å². The van der Waals surface area contributed by atoms with Crippen LogP contribution >= 0.6 is 0 Å². The molecule has 0 saturated heterocycles. The van der Waals surface area contributed by atoms with Crippen molar-refractivity contribution in [3.05, 3.63) is 65.2 Å². The molecule has 1 heterocycles. The van der Waals surface area contributed by atoms with Gasteiger partial charge in [-0.1, -0.05) is 42.5 Å². The second-order valence-electron chi connectivity index (χ2n) is 7.54. The highest BCUT2D eigenvalue weighted by Gasteiger charge is 2.27.